The summed E-state index contributed by atoms with van der Waals surface area (Å²) < 4.78 is 13.1. The molecule has 5 heterocycles. The van der Waals surface area contributed by atoms with Crippen molar-refractivity contribution in [3.8, 4) is 0 Å². The summed E-state index contributed by atoms with van der Waals surface area (Å²) in [5.74, 6) is 2.10. The van der Waals surface area contributed by atoms with E-state index in [4.69, 9.17) is 14.1 Å². The predicted octanol–water partition coefficient (Wildman–Crippen LogP) is 3.03. The van der Waals surface area contributed by atoms with E-state index in [2.05, 4.69) is 49.6 Å². The molecule has 1 unspecified atom stereocenters. The van der Waals surface area contributed by atoms with Gasteiger partial charge in [-0.1, -0.05) is 6.07 Å². The van der Waals surface area contributed by atoms with E-state index in [1.165, 1.54) is 36.5 Å². The van der Waals surface area contributed by atoms with E-state index >= 15 is 0 Å². The number of fused-ring (bicyclic) bond motifs is 1. The van der Waals surface area contributed by atoms with Crippen LogP contribution in [0.5, 0.6) is 0 Å². The van der Waals surface area contributed by atoms with Crippen molar-refractivity contribution in [3.05, 3.63) is 54.2 Å². The summed E-state index contributed by atoms with van der Waals surface area (Å²) in [6, 6.07) is 8.87. The van der Waals surface area contributed by atoms with Crippen molar-refractivity contribution in [2.75, 3.05) is 57.4 Å². The fourth-order valence-corrected chi connectivity index (χ4v) is 5.02. The Morgan fingerprint density at radius 2 is 1.94 bits per heavy atom. The van der Waals surface area contributed by atoms with Crippen LogP contribution in [0.1, 0.15) is 30.1 Å². The van der Waals surface area contributed by atoms with Crippen molar-refractivity contribution >= 4 is 11.5 Å². The third-order valence-corrected chi connectivity index (χ3v) is 6.92. The first-order valence-corrected chi connectivity index (χ1v) is 11.6. The van der Waals surface area contributed by atoms with E-state index in [0.29, 0.717) is 6.04 Å². The quantitative estimate of drug-likeness (QED) is 0.610. The SMILES string of the molecule is c1cc(N2CCOCC2)n2cc(C3CN(Cc4ccoc4)CCN3CC3CC3)nc2c1. The average Bonchev–Trinajstić information content (AvgIpc) is 3.29. The predicted molar refractivity (Wildman–Crippen MR) is 119 cm³/mol. The minimum atomic E-state index is 0.332. The van der Waals surface area contributed by atoms with Gasteiger partial charge in [0, 0.05) is 57.6 Å². The maximum atomic E-state index is 5.56. The van der Waals surface area contributed by atoms with Crippen LogP contribution in [0.15, 0.2) is 47.4 Å². The maximum absolute atomic E-state index is 5.56. The van der Waals surface area contributed by atoms with Gasteiger partial charge in [0.25, 0.3) is 0 Å². The van der Waals surface area contributed by atoms with Crippen LogP contribution in [0.4, 0.5) is 5.82 Å². The summed E-state index contributed by atoms with van der Waals surface area (Å²) >= 11 is 0. The van der Waals surface area contributed by atoms with Crippen molar-refractivity contribution in [1.29, 1.82) is 0 Å². The van der Waals surface area contributed by atoms with E-state index < -0.39 is 0 Å². The normalized spacial score (nSPS) is 23.6. The number of morpholine rings is 1. The Morgan fingerprint density at radius 3 is 2.74 bits per heavy atom. The fourth-order valence-electron chi connectivity index (χ4n) is 5.02. The van der Waals surface area contributed by atoms with Crippen molar-refractivity contribution in [1.82, 2.24) is 19.2 Å². The molecule has 7 nitrogen and oxygen atoms in total. The van der Waals surface area contributed by atoms with Crippen molar-refractivity contribution in [2.24, 2.45) is 5.92 Å². The molecule has 3 aromatic heterocycles. The number of hydrogen-bond donors (Lipinski definition) is 0. The number of ether oxygens (including phenoxy) is 1. The third kappa shape index (κ3) is 4.10. The lowest BCUT2D eigenvalue weighted by molar-refractivity contribution is 0.0639. The first-order valence-electron chi connectivity index (χ1n) is 11.6. The maximum Gasteiger partial charge on any atom is 0.138 e. The summed E-state index contributed by atoms with van der Waals surface area (Å²) in [6.07, 6.45) is 8.69. The molecule has 6 rings (SSSR count). The first kappa shape index (κ1) is 19.3. The number of piperazine rings is 1. The van der Waals surface area contributed by atoms with E-state index in [0.717, 1.165) is 64.0 Å². The van der Waals surface area contributed by atoms with Crippen LogP contribution in [0, 0.1) is 5.92 Å². The number of aromatic nitrogens is 2. The third-order valence-electron chi connectivity index (χ3n) is 6.92. The Labute approximate surface area is 183 Å². The van der Waals surface area contributed by atoms with Crippen LogP contribution < -0.4 is 4.90 Å². The van der Waals surface area contributed by atoms with Crippen molar-refractivity contribution in [2.45, 2.75) is 25.4 Å². The molecule has 1 atom stereocenters. The van der Waals surface area contributed by atoms with Crippen LogP contribution in [-0.4, -0.2) is 71.7 Å². The minimum absolute atomic E-state index is 0.332. The number of pyridine rings is 1. The van der Waals surface area contributed by atoms with Crippen LogP contribution in [0.25, 0.3) is 5.65 Å². The number of imidazole rings is 1. The Hall–Kier alpha value is -2.35. The lowest BCUT2D eigenvalue weighted by Crippen LogP contribution is -2.48. The van der Waals surface area contributed by atoms with E-state index in [1.54, 1.807) is 6.26 Å². The Kier molecular flexibility index (Phi) is 5.18. The molecule has 0 amide bonds. The second-order valence-electron chi connectivity index (χ2n) is 9.20. The van der Waals surface area contributed by atoms with Crippen molar-refractivity contribution < 1.29 is 9.15 Å². The standard InChI is InChI=1S/C24H31N5O2/c1-2-23-25-21(16-29(23)24(3-1)27-9-12-30-13-10-27)22-17-26(14-20-6-11-31-18-20)7-8-28(22)15-19-4-5-19/h1-3,6,11,16,18-19,22H,4-5,7-10,12-15,17H2. The lowest BCUT2D eigenvalue weighted by atomic mass is 10.1. The van der Waals surface area contributed by atoms with E-state index in [1.807, 2.05) is 6.26 Å². The molecule has 3 aromatic rings. The first-order chi connectivity index (χ1) is 15.3. The molecule has 0 bridgehead atoms. The van der Waals surface area contributed by atoms with E-state index in [9.17, 15) is 0 Å². The van der Waals surface area contributed by atoms with E-state index in [-0.39, 0.29) is 0 Å². The highest BCUT2D eigenvalue weighted by atomic mass is 16.5. The van der Waals surface area contributed by atoms with Crippen molar-refractivity contribution in [3.63, 3.8) is 0 Å². The van der Waals surface area contributed by atoms with Gasteiger partial charge in [-0.2, -0.15) is 0 Å². The monoisotopic (exact) mass is 421 g/mol. The molecular formula is C24H31N5O2. The minimum Gasteiger partial charge on any atom is -0.472 e. The van der Waals surface area contributed by atoms with Gasteiger partial charge >= 0.3 is 0 Å². The van der Waals surface area contributed by atoms with Crippen LogP contribution >= 0.6 is 0 Å². The molecule has 1 saturated carbocycles. The molecule has 2 saturated heterocycles. The molecule has 0 radical (unpaired) electrons. The summed E-state index contributed by atoms with van der Waals surface area (Å²) in [6.45, 7) is 8.80. The lowest BCUT2D eigenvalue weighted by Gasteiger charge is -2.40. The average molecular weight is 422 g/mol. The van der Waals surface area contributed by atoms with Gasteiger partial charge in [-0.05, 0) is 37.0 Å². The molecule has 1 aliphatic carbocycles. The van der Waals surface area contributed by atoms with Gasteiger partial charge in [0.05, 0.1) is 37.5 Å². The van der Waals surface area contributed by atoms with Gasteiger partial charge in [-0.25, -0.2) is 4.98 Å². The largest absolute Gasteiger partial charge is 0.472 e. The molecular weight excluding hydrogens is 390 g/mol. The molecule has 164 valence electrons. The summed E-state index contributed by atoms with van der Waals surface area (Å²) in [5.41, 5.74) is 3.48. The highest BCUT2D eigenvalue weighted by Gasteiger charge is 2.34. The van der Waals surface area contributed by atoms with Crippen LogP contribution in [-0.2, 0) is 11.3 Å². The van der Waals surface area contributed by atoms with Gasteiger partial charge in [-0.15, -0.1) is 0 Å². The molecule has 0 N–H and O–H groups in total. The topological polar surface area (TPSA) is 49.4 Å². The Bertz CT molecular complexity index is 1010. The smallest absolute Gasteiger partial charge is 0.138 e. The Morgan fingerprint density at radius 1 is 1.03 bits per heavy atom. The highest BCUT2D eigenvalue weighted by Crippen LogP contribution is 2.35. The molecule has 0 spiro atoms. The second-order valence-corrected chi connectivity index (χ2v) is 9.20. The van der Waals surface area contributed by atoms with Gasteiger partial charge < -0.3 is 14.1 Å². The van der Waals surface area contributed by atoms with Gasteiger partial charge in [-0.3, -0.25) is 14.2 Å². The summed E-state index contributed by atoms with van der Waals surface area (Å²) in [4.78, 5) is 12.8. The number of rotatable bonds is 6. The zero-order valence-corrected chi connectivity index (χ0v) is 18.0. The fraction of sp³-hybridized carbons (Fsp3) is 0.542. The number of anilines is 1. The van der Waals surface area contributed by atoms with Crippen LogP contribution in [0.3, 0.4) is 0 Å². The molecule has 2 aliphatic heterocycles. The summed E-state index contributed by atoms with van der Waals surface area (Å²) in [5, 5.41) is 0. The van der Waals surface area contributed by atoms with Gasteiger partial charge in [0.2, 0.25) is 0 Å². The number of nitrogens with zero attached hydrogens (tertiary/aromatic N) is 5. The zero-order chi connectivity index (χ0) is 20.6. The van der Waals surface area contributed by atoms with Crippen LogP contribution in [0.2, 0.25) is 0 Å². The highest BCUT2D eigenvalue weighted by molar-refractivity contribution is 5.53. The van der Waals surface area contributed by atoms with Gasteiger partial charge in [0.15, 0.2) is 0 Å². The van der Waals surface area contributed by atoms with Gasteiger partial charge in [0.1, 0.15) is 11.5 Å². The summed E-state index contributed by atoms with van der Waals surface area (Å²) in [7, 11) is 0. The second kappa shape index (κ2) is 8.30. The molecule has 3 aliphatic rings. The zero-order valence-electron chi connectivity index (χ0n) is 18.0. The molecule has 7 heteroatoms. The Balaban J connectivity index is 1.29. The number of furan rings is 1. The number of hydrogen-bond acceptors (Lipinski definition) is 6. The molecule has 3 fully saturated rings. The molecule has 0 aromatic carbocycles. The molecule has 31 heavy (non-hydrogen) atoms.